The number of amides is 3. The number of carbonyl (C=O) groups excluding carboxylic acids is 4. The van der Waals surface area contributed by atoms with Gasteiger partial charge >= 0.3 is 12.4 Å². The highest BCUT2D eigenvalue weighted by atomic mass is 19.4. The highest BCUT2D eigenvalue weighted by molar-refractivity contribution is 5.99. The van der Waals surface area contributed by atoms with Gasteiger partial charge in [0, 0.05) is 5.56 Å². The summed E-state index contributed by atoms with van der Waals surface area (Å²) in [5.74, 6) is -5.93. The van der Waals surface area contributed by atoms with Gasteiger partial charge in [0.25, 0.3) is 11.7 Å². The second kappa shape index (κ2) is 12.8. The molecule has 2 aromatic rings. The Labute approximate surface area is 225 Å². The van der Waals surface area contributed by atoms with Gasteiger partial charge in [0.15, 0.2) is 0 Å². The molecular formula is C26H27F6N3O5. The molecule has 0 aliphatic carbocycles. The van der Waals surface area contributed by atoms with Crippen LogP contribution in [0.3, 0.4) is 0 Å². The number of methoxy groups -OCH3 is 1. The summed E-state index contributed by atoms with van der Waals surface area (Å²) in [5, 5.41) is 6.55. The molecule has 3 N–H and O–H groups in total. The van der Waals surface area contributed by atoms with Crippen molar-refractivity contribution in [1.29, 1.82) is 0 Å². The summed E-state index contributed by atoms with van der Waals surface area (Å²) in [7, 11) is 1.37. The first-order valence-corrected chi connectivity index (χ1v) is 11.8. The fourth-order valence-corrected chi connectivity index (χ4v) is 3.49. The molecule has 14 heteroatoms. The van der Waals surface area contributed by atoms with Gasteiger partial charge in [-0.1, -0.05) is 32.0 Å². The minimum Gasteiger partial charge on any atom is -0.497 e. The predicted molar refractivity (Wildman–Crippen MR) is 130 cm³/mol. The maximum atomic E-state index is 13.1. The number of alkyl halides is 6. The Morgan fingerprint density at radius 3 is 1.90 bits per heavy atom. The Bertz CT molecular complexity index is 1230. The molecule has 0 saturated carbocycles. The molecule has 3 atom stereocenters. The zero-order valence-corrected chi connectivity index (χ0v) is 21.7. The summed E-state index contributed by atoms with van der Waals surface area (Å²) in [4.78, 5) is 50.4. The molecule has 0 aliphatic rings. The molecule has 8 nitrogen and oxygen atoms in total. The van der Waals surface area contributed by atoms with Crippen LogP contribution in [0.2, 0.25) is 0 Å². The maximum absolute atomic E-state index is 13.1. The van der Waals surface area contributed by atoms with Gasteiger partial charge < -0.3 is 20.7 Å². The fraction of sp³-hybridized carbons (Fsp3) is 0.385. The van der Waals surface area contributed by atoms with E-state index in [4.69, 9.17) is 4.74 Å². The molecule has 0 aliphatic heterocycles. The number of halogens is 6. The van der Waals surface area contributed by atoms with Crippen LogP contribution in [0.25, 0.3) is 0 Å². The average Bonchev–Trinajstić information content (AvgIpc) is 2.88. The fourth-order valence-electron chi connectivity index (χ4n) is 3.49. The molecule has 0 bridgehead atoms. The zero-order valence-electron chi connectivity index (χ0n) is 21.7. The monoisotopic (exact) mass is 575 g/mol. The number of benzene rings is 2. The molecule has 40 heavy (non-hydrogen) atoms. The van der Waals surface area contributed by atoms with Gasteiger partial charge in [-0.05, 0) is 48.7 Å². The maximum Gasteiger partial charge on any atom is 0.452 e. The van der Waals surface area contributed by atoms with E-state index >= 15 is 0 Å². The number of Topliss-reactive ketones (excluding diaryl/α,β-unsaturated/α-hetero) is 1. The van der Waals surface area contributed by atoms with Crippen LogP contribution in [-0.4, -0.2) is 48.9 Å². The van der Waals surface area contributed by atoms with E-state index in [1.165, 1.54) is 52.1 Å². The Balaban J connectivity index is 2.28. The van der Waals surface area contributed by atoms with Crippen molar-refractivity contribution in [3.63, 3.8) is 0 Å². The third kappa shape index (κ3) is 8.45. The smallest absolute Gasteiger partial charge is 0.452 e. The van der Waals surface area contributed by atoms with Crippen molar-refractivity contribution in [1.82, 2.24) is 16.0 Å². The van der Waals surface area contributed by atoms with Crippen LogP contribution in [0.5, 0.6) is 5.75 Å². The highest BCUT2D eigenvalue weighted by Crippen LogP contribution is 2.29. The topological polar surface area (TPSA) is 114 Å². The van der Waals surface area contributed by atoms with Crippen molar-refractivity contribution in [3.05, 3.63) is 65.2 Å². The second-order valence-corrected chi connectivity index (χ2v) is 9.08. The lowest BCUT2D eigenvalue weighted by atomic mass is 9.97. The second-order valence-electron chi connectivity index (χ2n) is 9.08. The molecule has 0 aromatic heterocycles. The summed E-state index contributed by atoms with van der Waals surface area (Å²) in [6, 6.07) is 4.05. The minimum atomic E-state index is -5.23. The molecular weight excluding hydrogens is 548 g/mol. The Morgan fingerprint density at radius 1 is 0.800 bits per heavy atom. The van der Waals surface area contributed by atoms with Crippen molar-refractivity contribution in [3.8, 4) is 5.75 Å². The number of ketones is 1. The van der Waals surface area contributed by atoms with Crippen molar-refractivity contribution >= 4 is 23.5 Å². The number of rotatable bonds is 10. The van der Waals surface area contributed by atoms with Crippen LogP contribution in [0.4, 0.5) is 26.3 Å². The normalized spacial score (nSPS) is 14.1. The van der Waals surface area contributed by atoms with Crippen LogP contribution in [0.1, 0.15) is 48.3 Å². The van der Waals surface area contributed by atoms with Crippen LogP contribution < -0.4 is 20.7 Å². The molecule has 0 spiro atoms. The van der Waals surface area contributed by atoms with Crippen molar-refractivity contribution in [2.45, 2.75) is 51.2 Å². The SMILES string of the molecule is COc1ccc([C@H](NC(=O)[C@H](C)NC(=O)c2cccc(C(F)(F)F)c2)C(=O)N[C@H](C(=O)C(F)(F)F)C(C)C)cc1. The lowest BCUT2D eigenvalue weighted by molar-refractivity contribution is -0.175. The molecule has 0 radical (unpaired) electrons. The molecule has 2 aromatic carbocycles. The molecule has 2 rings (SSSR count). The van der Waals surface area contributed by atoms with Gasteiger partial charge in [-0.3, -0.25) is 19.2 Å². The summed E-state index contributed by atoms with van der Waals surface area (Å²) in [5.41, 5.74) is -1.36. The van der Waals surface area contributed by atoms with Crippen LogP contribution in [0, 0.1) is 5.92 Å². The van der Waals surface area contributed by atoms with E-state index in [9.17, 15) is 45.5 Å². The summed E-state index contributed by atoms with van der Waals surface area (Å²) in [6.07, 6.45) is -9.94. The van der Waals surface area contributed by atoms with E-state index in [0.29, 0.717) is 11.8 Å². The minimum absolute atomic E-state index is 0.102. The van der Waals surface area contributed by atoms with Crippen molar-refractivity contribution < 1.29 is 50.3 Å². The number of ether oxygens (including phenoxy) is 1. The molecule has 0 fully saturated rings. The Morgan fingerprint density at radius 2 is 1.40 bits per heavy atom. The van der Waals surface area contributed by atoms with E-state index in [0.717, 1.165) is 18.2 Å². The lowest BCUT2D eigenvalue weighted by Gasteiger charge is -2.26. The molecule has 0 saturated heterocycles. The molecule has 0 heterocycles. The summed E-state index contributed by atoms with van der Waals surface area (Å²) < 4.78 is 83.3. The van der Waals surface area contributed by atoms with Gasteiger partial charge in [0.05, 0.1) is 18.7 Å². The zero-order chi connectivity index (χ0) is 30.4. The number of hydrogen-bond donors (Lipinski definition) is 3. The predicted octanol–water partition coefficient (Wildman–Crippen LogP) is 3.96. The number of hydrogen-bond acceptors (Lipinski definition) is 5. The van der Waals surface area contributed by atoms with Gasteiger partial charge in [-0.15, -0.1) is 0 Å². The largest absolute Gasteiger partial charge is 0.497 e. The van der Waals surface area contributed by atoms with Gasteiger partial charge in [-0.2, -0.15) is 26.3 Å². The number of carbonyl (C=O) groups is 4. The van der Waals surface area contributed by atoms with Crippen LogP contribution >= 0.6 is 0 Å². The third-order valence-corrected chi connectivity index (χ3v) is 5.72. The van der Waals surface area contributed by atoms with E-state index in [1.54, 1.807) is 0 Å². The Kier molecular flexibility index (Phi) is 10.3. The molecule has 0 unspecified atom stereocenters. The quantitative estimate of drug-likeness (QED) is 0.372. The van der Waals surface area contributed by atoms with Crippen molar-refractivity contribution in [2.24, 2.45) is 5.92 Å². The summed E-state index contributed by atoms with van der Waals surface area (Å²) in [6.45, 7) is 3.77. The third-order valence-electron chi connectivity index (χ3n) is 5.72. The standard InChI is InChI=1S/C26H27F6N3O5/c1-13(2)19(21(36)26(30,31)32)34-24(39)20(15-8-10-18(40-4)11-9-15)35-22(37)14(3)33-23(38)16-6-5-7-17(12-16)25(27,28)29/h5-14,19-20H,1-4H3,(H,33,38)(H,34,39)(H,35,37)/t14-,19-,20-/m0/s1. The lowest BCUT2D eigenvalue weighted by Crippen LogP contribution is -2.54. The summed E-state index contributed by atoms with van der Waals surface area (Å²) >= 11 is 0. The van der Waals surface area contributed by atoms with Crippen LogP contribution in [0.15, 0.2) is 48.5 Å². The average molecular weight is 576 g/mol. The van der Waals surface area contributed by atoms with Gasteiger partial charge in [0.2, 0.25) is 11.8 Å². The van der Waals surface area contributed by atoms with Gasteiger partial charge in [-0.25, -0.2) is 0 Å². The first-order valence-electron chi connectivity index (χ1n) is 11.8. The van der Waals surface area contributed by atoms with E-state index in [-0.39, 0.29) is 11.1 Å². The highest BCUT2D eigenvalue weighted by Gasteiger charge is 2.45. The van der Waals surface area contributed by atoms with E-state index in [2.05, 4.69) is 10.6 Å². The first-order chi connectivity index (χ1) is 18.4. The van der Waals surface area contributed by atoms with Gasteiger partial charge in [0.1, 0.15) is 17.8 Å². The van der Waals surface area contributed by atoms with E-state index < -0.39 is 65.5 Å². The molecule has 3 amide bonds. The Hall–Kier alpha value is -4.10. The number of nitrogens with one attached hydrogen (secondary N) is 3. The first kappa shape index (κ1) is 32.1. The molecule has 218 valence electrons. The van der Waals surface area contributed by atoms with E-state index in [1.807, 2.05) is 5.32 Å². The van der Waals surface area contributed by atoms with Crippen molar-refractivity contribution in [2.75, 3.05) is 7.11 Å². The van der Waals surface area contributed by atoms with Crippen LogP contribution in [-0.2, 0) is 20.6 Å².